The molecular weight excluding hydrogens is 470 g/mol. The van der Waals surface area contributed by atoms with Crippen molar-refractivity contribution >= 4 is 62.2 Å². The Hall–Kier alpha value is -2.78. The molecule has 1 N–H and O–H groups in total. The van der Waals surface area contributed by atoms with Gasteiger partial charge >= 0.3 is 0 Å². The van der Waals surface area contributed by atoms with Gasteiger partial charge in [-0.2, -0.15) is 0 Å². The highest BCUT2D eigenvalue weighted by Gasteiger charge is 2.36. The molecule has 0 radical (unpaired) electrons. The predicted octanol–water partition coefficient (Wildman–Crippen LogP) is 4.20. The van der Waals surface area contributed by atoms with Gasteiger partial charge in [-0.25, -0.2) is 0 Å². The average molecular weight is 490 g/mol. The molecule has 0 aromatic heterocycles. The molecule has 9 heteroatoms. The Bertz CT molecular complexity index is 1020. The van der Waals surface area contributed by atoms with Crippen LogP contribution in [0.1, 0.15) is 5.56 Å². The number of benzene rings is 2. The largest absolute Gasteiger partial charge is 0.497 e. The minimum absolute atomic E-state index is 0.279. The third kappa shape index (κ3) is 5.03. The van der Waals surface area contributed by atoms with Gasteiger partial charge in [-0.1, -0.05) is 6.07 Å². The highest BCUT2D eigenvalue weighted by atomic mass is 79.9. The summed E-state index contributed by atoms with van der Waals surface area (Å²) in [6.07, 6.45) is 1.65. The molecule has 0 aliphatic carbocycles. The Labute approximate surface area is 187 Å². The normalized spacial score (nSPS) is 14.9. The molecule has 1 aliphatic rings. The maximum absolute atomic E-state index is 12.7. The molecule has 156 valence electrons. The van der Waals surface area contributed by atoms with Crippen LogP contribution in [0, 0.1) is 0 Å². The van der Waals surface area contributed by atoms with Crippen molar-refractivity contribution in [2.75, 3.05) is 38.0 Å². The molecule has 7 nitrogen and oxygen atoms in total. The van der Waals surface area contributed by atoms with Crippen molar-refractivity contribution in [3.8, 4) is 5.75 Å². The lowest BCUT2D eigenvalue weighted by Gasteiger charge is -2.14. The first-order valence-electron chi connectivity index (χ1n) is 8.94. The summed E-state index contributed by atoms with van der Waals surface area (Å²) in [5, 5.41) is 2.20. The number of ether oxygens (including phenoxy) is 1. The first-order valence-corrected chi connectivity index (χ1v) is 10.6. The predicted molar refractivity (Wildman–Crippen MR) is 123 cm³/mol. The van der Waals surface area contributed by atoms with E-state index in [0.29, 0.717) is 11.4 Å². The molecule has 1 saturated heterocycles. The average Bonchev–Trinajstić information content (AvgIpc) is 2.95. The number of hydrogen-bond donors (Lipinski definition) is 1. The summed E-state index contributed by atoms with van der Waals surface area (Å²) in [4.78, 5) is 40.4. The van der Waals surface area contributed by atoms with Gasteiger partial charge in [0.05, 0.1) is 17.7 Å². The molecule has 30 heavy (non-hydrogen) atoms. The van der Waals surface area contributed by atoms with E-state index in [9.17, 15) is 14.4 Å². The van der Waals surface area contributed by atoms with Gasteiger partial charge in [-0.15, -0.1) is 0 Å². The number of hydrogen-bond acceptors (Lipinski definition) is 6. The number of anilines is 2. The molecule has 0 atom stereocenters. The van der Waals surface area contributed by atoms with E-state index in [1.165, 1.54) is 0 Å². The molecule has 0 spiro atoms. The molecule has 3 rings (SSSR count). The molecular formula is C21H20BrN3O4S. The van der Waals surface area contributed by atoms with Crippen LogP contribution in [-0.2, 0) is 9.59 Å². The Kier molecular flexibility index (Phi) is 6.84. The molecule has 1 fully saturated rings. The monoisotopic (exact) mass is 489 g/mol. The standard InChI is InChI=1S/C21H20BrN3O4S/c1-24(2)17-9-4-13(10-16(17)22)11-18-20(27)25(21(28)30-18)12-19(26)23-14-5-7-15(29-3)8-6-14/h4-11H,12H2,1-3H3,(H,23,26)/b18-11+. The summed E-state index contributed by atoms with van der Waals surface area (Å²) in [7, 11) is 5.42. The Morgan fingerprint density at radius 1 is 1.20 bits per heavy atom. The number of nitrogens with zero attached hydrogens (tertiary/aromatic N) is 2. The van der Waals surface area contributed by atoms with Crippen molar-refractivity contribution < 1.29 is 19.1 Å². The summed E-state index contributed by atoms with van der Waals surface area (Å²) < 4.78 is 5.95. The maximum atomic E-state index is 12.7. The van der Waals surface area contributed by atoms with Crippen LogP contribution in [0.4, 0.5) is 16.2 Å². The maximum Gasteiger partial charge on any atom is 0.294 e. The zero-order chi connectivity index (χ0) is 21.8. The van der Waals surface area contributed by atoms with Crippen LogP contribution in [-0.4, -0.2) is 49.7 Å². The fourth-order valence-corrected chi connectivity index (χ4v) is 4.37. The number of rotatable bonds is 6. The number of methoxy groups -OCH3 is 1. The highest BCUT2D eigenvalue weighted by molar-refractivity contribution is 9.10. The summed E-state index contributed by atoms with van der Waals surface area (Å²) in [5.41, 5.74) is 2.32. The third-order valence-electron chi connectivity index (χ3n) is 4.30. The second-order valence-electron chi connectivity index (χ2n) is 6.65. The molecule has 1 aliphatic heterocycles. The van der Waals surface area contributed by atoms with Crippen LogP contribution in [0.2, 0.25) is 0 Å². The lowest BCUT2D eigenvalue weighted by molar-refractivity contribution is -0.127. The SMILES string of the molecule is COc1ccc(NC(=O)CN2C(=O)S/C(=C/c3ccc(N(C)C)c(Br)c3)C2=O)cc1. The van der Waals surface area contributed by atoms with Crippen molar-refractivity contribution in [1.82, 2.24) is 4.90 Å². The van der Waals surface area contributed by atoms with E-state index in [1.54, 1.807) is 37.5 Å². The molecule has 0 saturated carbocycles. The van der Waals surface area contributed by atoms with Crippen molar-refractivity contribution in [3.63, 3.8) is 0 Å². The number of carbonyl (C=O) groups excluding carboxylic acids is 3. The molecule has 0 unspecified atom stereocenters. The van der Waals surface area contributed by atoms with Gasteiger partial charge in [0, 0.05) is 24.3 Å². The Balaban J connectivity index is 1.68. The zero-order valence-corrected chi connectivity index (χ0v) is 19.0. The molecule has 0 bridgehead atoms. The van der Waals surface area contributed by atoms with Gasteiger partial charge < -0.3 is 15.0 Å². The summed E-state index contributed by atoms with van der Waals surface area (Å²) in [6, 6.07) is 12.4. The van der Waals surface area contributed by atoms with Crippen molar-refractivity contribution in [2.45, 2.75) is 0 Å². The van der Waals surface area contributed by atoms with Gasteiger partial charge in [0.2, 0.25) is 5.91 Å². The van der Waals surface area contributed by atoms with E-state index < -0.39 is 17.1 Å². The van der Waals surface area contributed by atoms with E-state index in [0.717, 1.165) is 32.4 Å². The quantitative estimate of drug-likeness (QED) is 0.612. The first kappa shape index (κ1) is 21.9. The molecule has 2 aromatic rings. The van der Waals surface area contributed by atoms with Crippen LogP contribution in [0.5, 0.6) is 5.75 Å². The zero-order valence-electron chi connectivity index (χ0n) is 16.6. The first-order chi connectivity index (χ1) is 14.3. The highest BCUT2D eigenvalue weighted by Crippen LogP contribution is 2.33. The van der Waals surface area contributed by atoms with E-state index in [-0.39, 0.29) is 11.4 Å². The number of carbonyl (C=O) groups is 3. The van der Waals surface area contributed by atoms with E-state index >= 15 is 0 Å². The number of amides is 3. The minimum Gasteiger partial charge on any atom is -0.497 e. The van der Waals surface area contributed by atoms with Crippen LogP contribution < -0.4 is 15.0 Å². The number of thioether (sulfide) groups is 1. The van der Waals surface area contributed by atoms with E-state index in [2.05, 4.69) is 21.2 Å². The second kappa shape index (κ2) is 9.36. The lowest BCUT2D eigenvalue weighted by atomic mass is 10.2. The van der Waals surface area contributed by atoms with Crippen LogP contribution in [0.3, 0.4) is 0 Å². The number of nitrogens with one attached hydrogen (secondary N) is 1. The van der Waals surface area contributed by atoms with Crippen molar-refractivity contribution in [1.29, 1.82) is 0 Å². The summed E-state index contributed by atoms with van der Waals surface area (Å²) >= 11 is 4.33. The second-order valence-corrected chi connectivity index (χ2v) is 8.50. The van der Waals surface area contributed by atoms with Gasteiger partial charge in [-0.05, 0) is 75.7 Å². The number of halogens is 1. The Morgan fingerprint density at radius 3 is 2.50 bits per heavy atom. The fourth-order valence-electron chi connectivity index (χ4n) is 2.78. The van der Waals surface area contributed by atoms with Crippen LogP contribution in [0.15, 0.2) is 51.8 Å². The number of imide groups is 1. The van der Waals surface area contributed by atoms with Gasteiger partial charge in [0.15, 0.2) is 0 Å². The van der Waals surface area contributed by atoms with Gasteiger partial charge in [0.25, 0.3) is 11.1 Å². The third-order valence-corrected chi connectivity index (χ3v) is 5.84. The summed E-state index contributed by atoms with van der Waals surface area (Å²) in [5.74, 6) is -0.279. The van der Waals surface area contributed by atoms with Crippen LogP contribution >= 0.6 is 27.7 Å². The molecule has 3 amide bonds. The van der Waals surface area contributed by atoms with E-state index in [4.69, 9.17) is 4.74 Å². The van der Waals surface area contributed by atoms with Crippen molar-refractivity contribution in [2.24, 2.45) is 0 Å². The van der Waals surface area contributed by atoms with Crippen LogP contribution in [0.25, 0.3) is 6.08 Å². The summed E-state index contributed by atoms with van der Waals surface area (Å²) in [6.45, 7) is -0.350. The smallest absolute Gasteiger partial charge is 0.294 e. The minimum atomic E-state index is -0.484. The van der Waals surface area contributed by atoms with Gasteiger partial charge in [0.1, 0.15) is 12.3 Å². The van der Waals surface area contributed by atoms with Crippen molar-refractivity contribution in [3.05, 3.63) is 57.4 Å². The topological polar surface area (TPSA) is 79.0 Å². The molecule has 2 aromatic carbocycles. The molecule has 1 heterocycles. The lowest BCUT2D eigenvalue weighted by Crippen LogP contribution is -2.36. The van der Waals surface area contributed by atoms with E-state index in [1.807, 2.05) is 37.2 Å². The Morgan fingerprint density at radius 2 is 1.90 bits per heavy atom. The van der Waals surface area contributed by atoms with Gasteiger partial charge in [-0.3, -0.25) is 19.3 Å². The fraction of sp³-hybridized carbons (Fsp3) is 0.190.